The van der Waals surface area contributed by atoms with Crippen LogP contribution in [-0.2, 0) is 6.54 Å². The zero-order valence-corrected chi connectivity index (χ0v) is 12.7. The Labute approximate surface area is 118 Å². The van der Waals surface area contributed by atoms with Gasteiger partial charge in [-0.25, -0.2) is 0 Å². The summed E-state index contributed by atoms with van der Waals surface area (Å²) < 4.78 is 6.18. The fraction of sp³-hybridized carbons (Fsp3) is 0.615. The van der Waals surface area contributed by atoms with Crippen molar-refractivity contribution < 1.29 is 0 Å². The third-order valence-corrected chi connectivity index (χ3v) is 3.92. The molecule has 0 radical (unpaired) electrons. The molecule has 0 saturated carbocycles. The van der Waals surface area contributed by atoms with E-state index < -0.39 is 0 Å². The van der Waals surface area contributed by atoms with Gasteiger partial charge in [0.05, 0.1) is 22.3 Å². The average molecular weight is 279 g/mol. The Hall–Kier alpha value is -1.27. The average Bonchev–Trinajstić information content (AvgIpc) is 3.01. The zero-order chi connectivity index (χ0) is 13.8. The molecule has 5 nitrogen and oxygen atoms in total. The molecule has 19 heavy (non-hydrogen) atoms. The van der Waals surface area contributed by atoms with Crippen LogP contribution in [0.2, 0.25) is 0 Å². The van der Waals surface area contributed by atoms with Gasteiger partial charge in [-0.05, 0) is 37.0 Å². The van der Waals surface area contributed by atoms with Crippen LogP contribution in [0.25, 0.3) is 0 Å². The van der Waals surface area contributed by atoms with Gasteiger partial charge < -0.3 is 5.32 Å². The molecular weight excluding hydrogens is 258 g/mol. The van der Waals surface area contributed by atoms with Crippen molar-refractivity contribution in [3.8, 4) is 0 Å². The van der Waals surface area contributed by atoms with Gasteiger partial charge >= 0.3 is 0 Å². The summed E-state index contributed by atoms with van der Waals surface area (Å²) in [7, 11) is 1.97. The second-order valence-electron chi connectivity index (χ2n) is 4.88. The molecular formula is C13H21N5S. The van der Waals surface area contributed by atoms with E-state index in [2.05, 4.69) is 51.5 Å². The lowest BCUT2D eigenvalue weighted by Crippen LogP contribution is -2.22. The Morgan fingerprint density at radius 2 is 2.21 bits per heavy atom. The summed E-state index contributed by atoms with van der Waals surface area (Å²) in [6.45, 7) is 7.39. The summed E-state index contributed by atoms with van der Waals surface area (Å²) in [5.41, 5.74) is 2.26. The highest BCUT2D eigenvalue weighted by atomic mass is 32.1. The molecule has 2 aromatic heterocycles. The molecule has 0 aliphatic rings. The van der Waals surface area contributed by atoms with E-state index >= 15 is 0 Å². The predicted molar refractivity (Wildman–Crippen MR) is 77.4 cm³/mol. The van der Waals surface area contributed by atoms with Crippen LogP contribution in [0, 0.1) is 0 Å². The number of hydrogen-bond donors (Lipinski definition) is 1. The zero-order valence-electron chi connectivity index (χ0n) is 11.9. The van der Waals surface area contributed by atoms with Crippen molar-refractivity contribution in [3.05, 3.63) is 28.5 Å². The Bertz CT molecular complexity index is 517. The van der Waals surface area contributed by atoms with Crippen LogP contribution in [0.5, 0.6) is 0 Å². The highest BCUT2D eigenvalue weighted by molar-refractivity contribution is 7.05. The molecule has 104 valence electrons. The fourth-order valence-electron chi connectivity index (χ4n) is 2.21. The minimum Gasteiger partial charge on any atom is -0.307 e. The Balaban J connectivity index is 2.38. The molecule has 0 spiro atoms. The molecule has 6 heteroatoms. The lowest BCUT2D eigenvalue weighted by atomic mass is 10.0. The summed E-state index contributed by atoms with van der Waals surface area (Å²) in [6.07, 6.45) is 2.93. The van der Waals surface area contributed by atoms with Gasteiger partial charge in [0.1, 0.15) is 0 Å². The van der Waals surface area contributed by atoms with E-state index in [-0.39, 0.29) is 6.04 Å². The minimum absolute atomic E-state index is 0.117. The molecule has 2 heterocycles. The molecule has 0 aromatic carbocycles. The Kier molecular flexibility index (Phi) is 4.66. The van der Waals surface area contributed by atoms with E-state index in [1.54, 1.807) is 0 Å². The number of aryl methyl sites for hydroxylation is 1. The molecule has 0 fully saturated rings. The molecule has 2 rings (SSSR count). The summed E-state index contributed by atoms with van der Waals surface area (Å²) in [4.78, 5) is 1.19. The highest BCUT2D eigenvalue weighted by Crippen LogP contribution is 2.30. The summed E-state index contributed by atoms with van der Waals surface area (Å²) >= 11 is 1.47. The highest BCUT2D eigenvalue weighted by Gasteiger charge is 2.23. The summed E-state index contributed by atoms with van der Waals surface area (Å²) in [5.74, 6) is 0.382. The van der Waals surface area contributed by atoms with Crippen molar-refractivity contribution in [2.24, 2.45) is 0 Å². The second-order valence-corrected chi connectivity index (χ2v) is 5.66. The van der Waals surface area contributed by atoms with Crippen molar-refractivity contribution in [2.45, 2.75) is 45.7 Å². The van der Waals surface area contributed by atoms with E-state index in [9.17, 15) is 0 Å². The van der Waals surface area contributed by atoms with Gasteiger partial charge in [0.2, 0.25) is 0 Å². The Morgan fingerprint density at radius 1 is 1.42 bits per heavy atom. The molecule has 1 N–H and O–H groups in total. The molecule has 0 bridgehead atoms. The van der Waals surface area contributed by atoms with Crippen LogP contribution in [0.1, 0.15) is 55.4 Å². The smallest absolute Gasteiger partial charge is 0.0874 e. The van der Waals surface area contributed by atoms with Crippen molar-refractivity contribution in [1.82, 2.24) is 24.7 Å². The van der Waals surface area contributed by atoms with Gasteiger partial charge in [-0.3, -0.25) is 4.68 Å². The maximum atomic E-state index is 4.40. The maximum absolute atomic E-state index is 4.40. The predicted octanol–water partition coefficient (Wildman–Crippen LogP) is 2.58. The van der Waals surface area contributed by atoms with Crippen molar-refractivity contribution in [2.75, 3.05) is 7.05 Å². The van der Waals surface area contributed by atoms with Gasteiger partial charge in [-0.2, -0.15) is 5.10 Å². The van der Waals surface area contributed by atoms with E-state index in [4.69, 9.17) is 0 Å². The first-order chi connectivity index (χ1) is 9.19. The van der Waals surface area contributed by atoms with Crippen molar-refractivity contribution >= 4 is 11.5 Å². The lowest BCUT2D eigenvalue weighted by molar-refractivity contribution is 0.534. The van der Waals surface area contributed by atoms with Crippen LogP contribution in [-0.4, -0.2) is 26.4 Å². The first kappa shape index (κ1) is 14.1. The third-order valence-electron chi connectivity index (χ3n) is 3.12. The molecule has 1 unspecified atom stereocenters. The molecule has 0 amide bonds. The topological polar surface area (TPSA) is 55.6 Å². The van der Waals surface area contributed by atoms with Gasteiger partial charge in [0.15, 0.2) is 0 Å². The first-order valence-electron chi connectivity index (χ1n) is 6.70. The van der Waals surface area contributed by atoms with Gasteiger partial charge in [0.25, 0.3) is 0 Å². The third kappa shape index (κ3) is 2.84. The van der Waals surface area contributed by atoms with Gasteiger partial charge in [-0.1, -0.05) is 25.3 Å². The minimum atomic E-state index is 0.117. The van der Waals surface area contributed by atoms with E-state index in [1.807, 2.05) is 13.2 Å². The van der Waals surface area contributed by atoms with Gasteiger partial charge in [-0.15, -0.1) is 5.10 Å². The van der Waals surface area contributed by atoms with Crippen molar-refractivity contribution in [1.29, 1.82) is 0 Å². The number of aromatic nitrogens is 4. The number of hydrogen-bond acceptors (Lipinski definition) is 5. The van der Waals surface area contributed by atoms with E-state index in [0.29, 0.717) is 5.92 Å². The van der Waals surface area contributed by atoms with Gasteiger partial charge in [0, 0.05) is 12.7 Å². The number of rotatable bonds is 6. The van der Waals surface area contributed by atoms with Crippen molar-refractivity contribution in [3.63, 3.8) is 0 Å². The van der Waals surface area contributed by atoms with Crippen LogP contribution < -0.4 is 5.32 Å². The van der Waals surface area contributed by atoms with Crippen LogP contribution in [0.3, 0.4) is 0 Å². The normalized spacial score (nSPS) is 13.1. The SMILES string of the molecule is CCCn1nccc1C(NC)c1snnc1C(C)C. The standard InChI is InChI=1S/C13H21N5S/c1-5-8-18-10(6-7-15-18)12(14-4)13-11(9(2)3)16-17-19-13/h6-7,9,12,14H,5,8H2,1-4H3. The lowest BCUT2D eigenvalue weighted by Gasteiger charge is -2.18. The number of nitrogens with zero attached hydrogens (tertiary/aromatic N) is 4. The summed E-state index contributed by atoms with van der Waals surface area (Å²) in [6, 6.07) is 2.19. The number of nitrogens with one attached hydrogen (secondary N) is 1. The molecule has 0 saturated heterocycles. The molecule has 1 atom stereocenters. The molecule has 0 aliphatic carbocycles. The quantitative estimate of drug-likeness (QED) is 0.883. The maximum Gasteiger partial charge on any atom is 0.0874 e. The molecule has 0 aliphatic heterocycles. The first-order valence-corrected chi connectivity index (χ1v) is 7.47. The van der Waals surface area contributed by atoms with Crippen LogP contribution in [0.4, 0.5) is 0 Å². The summed E-state index contributed by atoms with van der Waals surface area (Å²) in [5, 5.41) is 12.0. The van der Waals surface area contributed by atoms with E-state index in [1.165, 1.54) is 22.1 Å². The second kappa shape index (κ2) is 6.25. The fourth-order valence-corrected chi connectivity index (χ4v) is 3.14. The molecule has 2 aromatic rings. The van der Waals surface area contributed by atoms with Crippen LogP contribution in [0.15, 0.2) is 12.3 Å². The Morgan fingerprint density at radius 3 is 2.84 bits per heavy atom. The van der Waals surface area contributed by atoms with E-state index in [0.717, 1.165) is 18.7 Å². The van der Waals surface area contributed by atoms with Crippen LogP contribution >= 0.6 is 11.5 Å². The largest absolute Gasteiger partial charge is 0.307 e. The monoisotopic (exact) mass is 279 g/mol.